The molecule has 0 saturated carbocycles. The number of benzene rings is 1. The van der Waals surface area contributed by atoms with Gasteiger partial charge >= 0.3 is 0 Å². The van der Waals surface area contributed by atoms with Crippen molar-refractivity contribution in [3.63, 3.8) is 0 Å². The molecule has 3 aliphatic heterocycles. The molecule has 4 heterocycles. The molecule has 5 rings (SSSR count). The van der Waals surface area contributed by atoms with Gasteiger partial charge in [-0.2, -0.15) is 10.2 Å². The number of hydrogen-bond acceptors (Lipinski definition) is 7. The second-order valence-electron chi connectivity index (χ2n) is 10.9. The molecule has 0 spiro atoms. The van der Waals surface area contributed by atoms with Crippen LogP contribution in [0, 0.1) is 12.8 Å². The number of carbonyl (C=O) groups is 1. The highest BCUT2D eigenvalue weighted by molar-refractivity contribution is 6.30. The van der Waals surface area contributed by atoms with Gasteiger partial charge in [-0.1, -0.05) is 32.4 Å². The van der Waals surface area contributed by atoms with Crippen LogP contribution in [0.15, 0.2) is 40.7 Å². The molecule has 3 aliphatic rings. The molecule has 2 fully saturated rings. The van der Waals surface area contributed by atoms with Gasteiger partial charge in [0.1, 0.15) is 11.5 Å². The third-order valence-corrected chi connectivity index (χ3v) is 8.39. The van der Waals surface area contributed by atoms with Crippen molar-refractivity contribution in [1.29, 1.82) is 0 Å². The van der Waals surface area contributed by atoms with E-state index in [1.165, 1.54) is 0 Å². The molecule has 2 aromatic rings. The first-order valence-corrected chi connectivity index (χ1v) is 14.2. The number of aromatic nitrogens is 2. The summed E-state index contributed by atoms with van der Waals surface area (Å²) >= 11 is 5.99. The van der Waals surface area contributed by atoms with E-state index in [2.05, 4.69) is 40.8 Å². The van der Waals surface area contributed by atoms with Crippen molar-refractivity contribution in [1.82, 2.24) is 19.8 Å². The second kappa shape index (κ2) is 11.5. The normalized spacial score (nSPS) is 21.2. The summed E-state index contributed by atoms with van der Waals surface area (Å²) in [5.41, 5.74) is 4.50. The Balaban J connectivity index is 1.18. The van der Waals surface area contributed by atoms with Crippen LogP contribution in [-0.4, -0.2) is 81.9 Å². The van der Waals surface area contributed by atoms with Crippen LogP contribution in [0.4, 0.5) is 5.82 Å². The van der Waals surface area contributed by atoms with Gasteiger partial charge in [0.25, 0.3) is 5.91 Å². The topological polar surface area (TPSA) is 77.3 Å². The smallest absolute Gasteiger partial charge is 0.253 e. The van der Waals surface area contributed by atoms with Crippen LogP contribution in [-0.2, 0) is 0 Å². The van der Waals surface area contributed by atoms with E-state index in [1.54, 1.807) is 12.1 Å². The number of likely N-dealkylation sites (tertiary alicyclic amines) is 1. The van der Waals surface area contributed by atoms with E-state index in [1.807, 2.05) is 30.2 Å². The minimum atomic E-state index is 0.102. The summed E-state index contributed by atoms with van der Waals surface area (Å²) in [5, 5.41) is 9.36. The maximum Gasteiger partial charge on any atom is 0.253 e. The summed E-state index contributed by atoms with van der Waals surface area (Å²) < 4.78 is 0. The third-order valence-electron chi connectivity index (χ3n) is 8.14. The lowest BCUT2D eigenvalue weighted by Gasteiger charge is -2.47. The number of piperazine rings is 1. The molecular weight excluding hydrogens is 498 g/mol. The molecule has 0 radical (unpaired) electrons. The average molecular weight is 536 g/mol. The maximum absolute atomic E-state index is 12.9. The molecule has 1 atom stereocenters. The molecule has 8 nitrogen and oxygen atoms in total. The van der Waals surface area contributed by atoms with Gasteiger partial charge in [0.05, 0.1) is 17.6 Å². The molecule has 0 unspecified atom stereocenters. The largest absolute Gasteiger partial charge is 0.352 e. The van der Waals surface area contributed by atoms with Gasteiger partial charge in [-0.05, 0) is 56.4 Å². The fourth-order valence-corrected chi connectivity index (χ4v) is 5.96. The molecule has 0 bridgehead atoms. The Morgan fingerprint density at radius 2 is 1.82 bits per heavy atom. The van der Waals surface area contributed by atoms with Crippen molar-refractivity contribution in [2.45, 2.75) is 65.5 Å². The number of rotatable bonds is 6. The molecular formula is C29H38ClN7O. The zero-order valence-corrected chi connectivity index (χ0v) is 23.7. The number of aryl methyl sites for hydroxylation is 1. The molecule has 0 aliphatic carbocycles. The van der Waals surface area contributed by atoms with Gasteiger partial charge in [-0.15, -0.1) is 0 Å². The number of anilines is 1. The van der Waals surface area contributed by atoms with Gasteiger partial charge in [0.2, 0.25) is 0 Å². The van der Waals surface area contributed by atoms with Crippen LogP contribution in [0.25, 0.3) is 0 Å². The highest BCUT2D eigenvalue weighted by Gasteiger charge is 2.35. The summed E-state index contributed by atoms with van der Waals surface area (Å²) in [5.74, 6) is 1.46. The lowest BCUT2D eigenvalue weighted by molar-refractivity contribution is 0.0490. The van der Waals surface area contributed by atoms with Crippen molar-refractivity contribution in [3.8, 4) is 0 Å². The van der Waals surface area contributed by atoms with E-state index in [-0.39, 0.29) is 5.91 Å². The van der Waals surface area contributed by atoms with Crippen molar-refractivity contribution >= 4 is 34.7 Å². The Kier molecular flexibility index (Phi) is 8.09. The maximum atomic E-state index is 12.9. The van der Waals surface area contributed by atoms with Crippen LogP contribution in [0.5, 0.6) is 0 Å². The monoisotopic (exact) mass is 535 g/mol. The van der Waals surface area contributed by atoms with Gasteiger partial charge in [0, 0.05) is 67.5 Å². The van der Waals surface area contributed by atoms with Crippen LogP contribution >= 0.6 is 11.6 Å². The van der Waals surface area contributed by atoms with Crippen LogP contribution in [0.3, 0.4) is 0 Å². The number of piperidine rings is 1. The van der Waals surface area contributed by atoms with E-state index >= 15 is 0 Å². The number of hydrogen-bond donors (Lipinski definition) is 0. The Bertz CT molecular complexity index is 1220. The third kappa shape index (κ3) is 5.61. The Morgan fingerprint density at radius 1 is 1.08 bits per heavy atom. The fourth-order valence-electron chi connectivity index (χ4n) is 5.83. The fraction of sp³-hybridized carbons (Fsp3) is 0.552. The number of nitrogens with zero attached hydrogens (tertiary/aromatic N) is 7. The van der Waals surface area contributed by atoms with Gasteiger partial charge < -0.3 is 9.80 Å². The Labute approximate surface area is 230 Å². The molecule has 2 saturated heterocycles. The molecule has 1 amide bonds. The van der Waals surface area contributed by atoms with E-state index in [0.29, 0.717) is 28.6 Å². The zero-order chi connectivity index (χ0) is 26.8. The lowest BCUT2D eigenvalue weighted by Crippen LogP contribution is -2.59. The van der Waals surface area contributed by atoms with E-state index in [9.17, 15) is 4.79 Å². The van der Waals surface area contributed by atoms with Crippen LogP contribution in [0.2, 0.25) is 5.02 Å². The summed E-state index contributed by atoms with van der Waals surface area (Å²) in [6.07, 6.45) is 5.71. The van der Waals surface area contributed by atoms with Crippen molar-refractivity contribution in [2.75, 3.05) is 37.6 Å². The first kappa shape index (κ1) is 26.8. The van der Waals surface area contributed by atoms with Gasteiger partial charge in [0.15, 0.2) is 0 Å². The molecule has 38 heavy (non-hydrogen) atoms. The minimum Gasteiger partial charge on any atom is -0.352 e. The predicted octanol–water partition coefficient (Wildman–Crippen LogP) is 4.85. The second-order valence-corrected chi connectivity index (χ2v) is 11.3. The van der Waals surface area contributed by atoms with Crippen LogP contribution in [0.1, 0.15) is 68.2 Å². The highest BCUT2D eigenvalue weighted by Crippen LogP contribution is 2.27. The average Bonchev–Trinajstić information content (AvgIpc) is 3.44. The summed E-state index contributed by atoms with van der Waals surface area (Å²) in [7, 11) is 0. The van der Waals surface area contributed by atoms with E-state index in [4.69, 9.17) is 21.6 Å². The summed E-state index contributed by atoms with van der Waals surface area (Å²) in [6.45, 7) is 13.1. The number of carbonyl (C=O) groups excluding carboxylic acids is 1. The lowest BCUT2D eigenvalue weighted by atomic mass is 9.97. The molecule has 9 heteroatoms. The number of halogens is 1. The molecule has 202 valence electrons. The minimum absolute atomic E-state index is 0.102. The molecule has 0 N–H and O–H groups in total. The predicted molar refractivity (Wildman–Crippen MR) is 154 cm³/mol. The first-order chi connectivity index (χ1) is 18.3. The standard InChI is InChI=1S/C29H38ClN7O/c1-5-23-18-36(28-20(4)32-27(17-31-28)26-16-25(19(2)3)33-34-26)14-15-37(23)24-10-12-35(13-11-24)29(38)21-6-8-22(30)9-7-21/h6-9,17,19,23-24H,5,10-16,18H2,1-4H3/t23-/m0/s1. The quantitative estimate of drug-likeness (QED) is 0.528. The Hall–Kier alpha value is -2.84. The number of amides is 1. The van der Waals surface area contributed by atoms with Crippen molar-refractivity contribution < 1.29 is 4.79 Å². The first-order valence-electron chi connectivity index (χ1n) is 13.9. The molecule has 1 aromatic carbocycles. The zero-order valence-electron chi connectivity index (χ0n) is 22.9. The summed E-state index contributed by atoms with van der Waals surface area (Å²) in [4.78, 5) is 29.7. The Morgan fingerprint density at radius 3 is 2.45 bits per heavy atom. The van der Waals surface area contributed by atoms with Crippen molar-refractivity contribution in [3.05, 3.63) is 52.4 Å². The van der Waals surface area contributed by atoms with Gasteiger partial charge in [-0.3, -0.25) is 9.69 Å². The van der Waals surface area contributed by atoms with Gasteiger partial charge in [-0.25, -0.2) is 9.97 Å². The summed E-state index contributed by atoms with van der Waals surface area (Å²) in [6, 6.07) is 8.16. The molecule has 1 aromatic heterocycles. The van der Waals surface area contributed by atoms with Crippen LogP contribution < -0.4 is 4.90 Å². The van der Waals surface area contributed by atoms with Crippen molar-refractivity contribution in [2.24, 2.45) is 16.1 Å². The highest BCUT2D eigenvalue weighted by atomic mass is 35.5. The SMILES string of the molecule is CC[C@H]1CN(c2ncc(C3=NN=C(C(C)C)C3)nc2C)CCN1C1CCN(C(=O)c2ccc(Cl)cc2)CC1. The van der Waals surface area contributed by atoms with E-state index < -0.39 is 0 Å². The van der Waals surface area contributed by atoms with E-state index in [0.717, 1.165) is 87.0 Å².